The molecule has 0 atom stereocenters. The number of nitrogens with zero attached hydrogens (tertiary/aromatic N) is 4. The number of carbonyl (C=O) groups excluding carboxylic acids is 1. The third-order valence-corrected chi connectivity index (χ3v) is 5.27. The highest BCUT2D eigenvalue weighted by Crippen LogP contribution is 2.40. The van der Waals surface area contributed by atoms with Crippen molar-refractivity contribution < 1.29 is 9.18 Å². The van der Waals surface area contributed by atoms with Crippen LogP contribution < -0.4 is 10.4 Å². The second-order valence-electron chi connectivity index (χ2n) is 7.31. The lowest BCUT2D eigenvalue weighted by Crippen LogP contribution is -2.50. The van der Waals surface area contributed by atoms with Crippen LogP contribution in [-0.2, 0) is 17.8 Å². The molecule has 0 fully saturated rings. The Morgan fingerprint density at radius 3 is 2.41 bits per heavy atom. The van der Waals surface area contributed by atoms with Crippen LogP contribution in [0.15, 0.2) is 79.1 Å². The van der Waals surface area contributed by atoms with E-state index in [0.29, 0.717) is 24.6 Å². The summed E-state index contributed by atoms with van der Waals surface area (Å²) in [5.74, 6) is 0.297. The van der Waals surface area contributed by atoms with Gasteiger partial charge in [0, 0.05) is 24.5 Å². The Morgan fingerprint density at radius 2 is 1.69 bits per heavy atom. The van der Waals surface area contributed by atoms with Gasteiger partial charge < -0.3 is 0 Å². The normalized spacial score (nSPS) is 12.7. The second-order valence-corrected chi connectivity index (χ2v) is 7.31. The minimum absolute atomic E-state index is 0. The van der Waals surface area contributed by atoms with Crippen molar-refractivity contribution in [3.05, 3.63) is 90.5 Å². The van der Waals surface area contributed by atoms with Crippen LogP contribution in [0, 0.1) is 5.82 Å². The third kappa shape index (κ3) is 4.12. The van der Waals surface area contributed by atoms with Gasteiger partial charge in [-0.25, -0.2) is 19.5 Å². The number of hydrogen-bond donors (Lipinski definition) is 1. The molecule has 6 nitrogen and oxygen atoms in total. The Labute approximate surface area is 191 Å². The van der Waals surface area contributed by atoms with Crippen LogP contribution in [0.5, 0.6) is 0 Å². The fraction of sp³-hybridized carbons (Fsp3) is 0.125. The quantitative estimate of drug-likeness (QED) is 0.505. The molecule has 32 heavy (non-hydrogen) atoms. The van der Waals surface area contributed by atoms with Gasteiger partial charge in [0.05, 0.1) is 18.5 Å². The van der Waals surface area contributed by atoms with Crippen LogP contribution in [0.1, 0.15) is 5.56 Å². The number of aromatic nitrogens is 3. The Bertz CT molecular complexity index is 1210. The molecule has 0 radical (unpaired) electrons. The summed E-state index contributed by atoms with van der Waals surface area (Å²) in [7, 11) is 0. The van der Waals surface area contributed by atoms with Crippen molar-refractivity contribution in [2.45, 2.75) is 13.0 Å². The Balaban J connectivity index is 0.00000245. The average molecular weight is 450 g/mol. The number of anilines is 1. The van der Waals surface area contributed by atoms with E-state index in [0.717, 1.165) is 22.3 Å². The summed E-state index contributed by atoms with van der Waals surface area (Å²) in [6, 6.07) is 19.7. The van der Waals surface area contributed by atoms with E-state index in [1.807, 2.05) is 47.1 Å². The van der Waals surface area contributed by atoms with E-state index < -0.39 is 0 Å². The summed E-state index contributed by atoms with van der Waals surface area (Å²) < 4.78 is 15.4. The van der Waals surface area contributed by atoms with E-state index >= 15 is 0 Å². The first kappa shape index (κ1) is 21.7. The van der Waals surface area contributed by atoms with Crippen molar-refractivity contribution in [3.63, 3.8) is 0 Å². The summed E-state index contributed by atoms with van der Waals surface area (Å²) in [6.07, 6.45) is 3.68. The van der Waals surface area contributed by atoms with Gasteiger partial charge in [-0.2, -0.15) is 5.10 Å². The van der Waals surface area contributed by atoms with Crippen LogP contribution in [0.3, 0.4) is 0 Å². The summed E-state index contributed by atoms with van der Waals surface area (Å²) in [5, 5.41) is 6.40. The number of rotatable bonds is 4. The summed E-state index contributed by atoms with van der Waals surface area (Å²) >= 11 is 0. The lowest BCUT2D eigenvalue weighted by molar-refractivity contribution is -0.118. The van der Waals surface area contributed by atoms with E-state index in [1.54, 1.807) is 29.5 Å². The number of hydrazine groups is 1. The highest BCUT2D eigenvalue weighted by Gasteiger charge is 2.31. The standard InChI is InChI=1S/C24H20FN5O.ClH/c25-20-8-6-19(7-9-20)23-22(18-10-12-26-13-11-18)24-29(28-23)15-14-27-30(24)21(31)16-17-4-2-1-3-5-17;/h1-13,27H,14-16H2;1H. The lowest BCUT2D eigenvalue weighted by atomic mass is 10.0. The number of benzene rings is 2. The summed E-state index contributed by atoms with van der Waals surface area (Å²) in [4.78, 5) is 17.4. The first-order valence-corrected chi connectivity index (χ1v) is 10.1. The van der Waals surface area contributed by atoms with Gasteiger partial charge in [0.2, 0.25) is 5.91 Å². The van der Waals surface area contributed by atoms with Crippen molar-refractivity contribution in [1.29, 1.82) is 0 Å². The van der Waals surface area contributed by atoms with Gasteiger partial charge in [-0.05, 0) is 47.5 Å². The molecule has 0 bridgehead atoms. The molecular formula is C24H21ClFN5O. The molecule has 5 rings (SSSR count). The molecule has 4 aromatic rings. The van der Waals surface area contributed by atoms with Crippen molar-refractivity contribution in [2.24, 2.45) is 0 Å². The minimum atomic E-state index is -0.306. The summed E-state index contributed by atoms with van der Waals surface area (Å²) in [5.41, 5.74) is 7.34. The maximum absolute atomic E-state index is 13.5. The van der Waals surface area contributed by atoms with Gasteiger partial charge in [0.25, 0.3) is 0 Å². The second kappa shape index (κ2) is 9.30. The van der Waals surface area contributed by atoms with E-state index in [1.165, 1.54) is 12.1 Å². The van der Waals surface area contributed by atoms with Crippen molar-refractivity contribution in [1.82, 2.24) is 20.2 Å². The molecule has 0 aliphatic carbocycles. The number of amides is 1. The van der Waals surface area contributed by atoms with Crippen molar-refractivity contribution in [3.8, 4) is 22.4 Å². The van der Waals surface area contributed by atoms with E-state index in [9.17, 15) is 9.18 Å². The molecule has 8 heteroatoms. The third-order valence-electron chi connectivity index (χ3n) is 5.27. The van der Waals surface area contributed by atoms with Crippen molar-refractivity contribution >= 4 is 24.1 Å². The molecule has 162 valence electrons. The predicted octanol–water partition coefficient (Wildman–Crippen LogP) is 4.27. The molecule has 1 aliphatic rings. The highest BCUT2D eigenvalue weighted by molar-refractivity contribution is 6.00. The SMILES string of the molecule is Cl.O=C(Cc1ccccc1)N1NCCn2nc(-c3ccc(F)cc3)c(-c3ccncc3)c21. The molecule has 0 saturated carbocycles. The zero-order chi connectivity index (χ0) is 21.2. The van der Waals surface area contributed by atoms with E-state index in [4.69, 9.17) is 5.10 Å². The van der Waals surface area contributed by atoms with E-state index in [2.05, 4.69) is 10.4 Å². The molecular weight excluding hydrogens is 429 g/mol. The Hall–Kier alpha value is -3.55. The molecule has 1 amide bonds. The van der Waals surface area contributed by atoms with Gasteiger partial charge in [-0.1, -0.05) is 30.3 Å². The van der Waals surface area contributed by atoms with Gasteiger partial charge >= 0.3 is 0 Å². The molecule has 2 aromatic carbocycles. The smallest absolute Gasteiger partial charge is 0.247 e. The molecule has 0 spiro atoms. The number of carbonyl (C=O) groups is 1. The maximum Gasteiger partial charge on any atom is 0.247 e. The van der Waals surface area contributed by atoms with Crippen LogP contribution >= 0.6 is 12.4 Å². The zero-order valence-electron chi connectivity index (χ0n) is 17.1. The van der Waals surface area contributed by atoms with E-state index in [-0.39, 0.29) is 30.6 Å². The molecule has 0 saturated heterocycles. The van der Waals surface area contributed by atoms with Gasteiger partial charge in [-0.3, -0.25) is 9.78 Å². The monoisotopic (exact) mass is 449 g/mol. The minimum Gasteiger partial charge on any atom is -0.273 e. The van der Waals surface area contributed by atoms with Crippen LogP contribution in [0.4, 0.5) is 10.2 Å². The zero-order valence-corrected chi connectivity index (χ0v) is 17.9. The number of nitrogens with one attached hydrogen (secondary N) is 1. The fourth-order valence-electron chi connectivity index (χ4n) is 3.83. The number of fused-ring (bicyclic) bond motifs is 1. The average Bonchev–Trinajstić information content (AvgIpc) is 3.20. The number of halogens is 2. The first-order chi connectivity index (χ1) is 15.2. The molecule has 1 N–H and O–H groups in total. The molecule has 0 unspecified atom stereocenters. The Morgan fingerprint density at radius 1 is 0.969 bits per heavy atom. The Kier molecular flexibility index (Phi) is 6.30. The van der Waals surface area contributed by atoms with Crippen LogP contribution in [0.2, 0.25) is 0 Å². The largest absolute Gasteiger partial charge is 0.273 e. The fourth-order valence-corrected chi connectivity index (χ4v) is 3.83. The van der Waals surface area contributed by atoms with Crippen LogP contribution in [-0.4, -0.2) is 27.2 Å². The number of hydrogen-bond acceptors (Lipinski definition) is 4. The predicted molar refractivity (Wildman–Crippen MR) is 124 cm³/mol. The number of pyridine rings is 1. The summed E-state index contributed by atoms with van der Waals surface area (Å²) in [6.45, 7) is 1.19. The van der Waals surface area contributed by atoms with Gasteiger partial charge in [0.15, 0.2) is 5.82 Å². The van der Waals surface area contributed by atoms with Gasteiger partial charge in [0.1, 0.15) is 11.5 Å². The lowest BCUT2D eigenvalue weighted by Gasteiger charge is -2.29. The maximum atomic E-state index is 13.5. The van der Waals surface area contributed by atoms with Crippen LogP contribution in [0.25, 0.3) is 22.4 Å². The highest BCUT2D eigenvalue weighted by atomic mass is 35.5. The van der Waals surface area contributed by atoms with Crippen molar-refractivity contribution in [2.75, 3.05) is 11.6 Å². The molecule has 3 heterocycles. The molecule has 2 aromatic heterocycles. The molecule has 1 aliphatic heterocycles. The first-order valence-electron chi connectivity index (χ1n) is 10.1. The topological polar surface area (TPSA) is 63.1 Å². The van der Waals surface area contributed by atoms with Gasteiger partial charge in [-0.15, -0.1) is 12.4 Å².